The van der Waals surface area contributed by atoms with Crippen molar-refractivity contribution in [2.24, 2.45) is 0 Å². The van der Waals surface area contributed by atoms with Crippen LogP contribution in [-0.2, 0) is 6.54 Å². The zero-order valence-electron chi connectivity index (χ0n) is 23.1. The van der Waals surface area contributed by atoms with E-state index in [2.05, 4.69) is 97.5 Å². The van der Waals surface area contributed by atoms with Crippen molar-refractivity contribution in [3.63, 3.8) is 0 Å². The van der Waals surface area contributed by atoms with Crippen molar-refractivity contribution in [3.8, 4) is 0 Å². The van der Waals surface area contributed by atoms with Crippen molar-refractivity contribution in [1.29, 1.82) is 0 Å². The van der Waals surface area contributed by atoms with Crippen LogP contribution in [0.4, 0.5) is 17.3 Å². The molecule has 9 heteroatoms. The molecule has 6 rings (SSSR count). The topological polar surface area (TPSA) is 81.9 Å². The molecule has 1 aromatic heterocycles. The van der Waals surface area contributed by atoms with Crippen LogP contribution in [0.3, 0.4) is 0 Å². The van der Waals surface area contributed by atoms with Crippen LogP contribution < -0.4 is 9.80 Å². The van der Waals surface area contributed by atoms with E-state index in [1.807, 2.05) is 23.1 Å². The summed E-state index contributed by atoms with van der Waals surface area (Å²) >= 11 is 0. The zero-order valence-corrected chi connectivity index (χ0v) is 23.1. The minimum absolute atomic E-state index is 0.0140. The molecule has 0 unspecified atom stereocenters. The molecule has 0 bridgehead atoms. The van der Waals surface area contributed by atoms with Crippen molar-refractivity contribution in [1.82, 2.24) is 19.8 Å². The van der Waals surface area contributed by atoms with Gasteiger partial charge in [-0.25, -0.2) is 9.97 Å². The standard InChI is InChI=1S/C32H35N7O2/c40-39(41)30-31(37-18-16-35(17-19-37)24-26-10-4-1-5-11-26)33-25-34-32(30)38-22-20-36(21-23-38)29(27-12-6-2-7-13-27)28-14-8-3-9-15-28/h1-15,25,29H,16-24H2. The normalized spacial score (nSPS) is 16.7. The van der Waals surface area contributed by atoms with Crippen LogP contribution >= 0.6 is 0 Å². The van der Waals surface area contributed by atoms with Gasteiger partial charge in [0.2, 0.25) is 11.6 Å². The Bertz CT molecular complexity index is 1380. The van der Waals surface area contributed by atoms with Gasteiger partial charge in [-0.1, -0.05) is 91.0 Å². The minimum Gasteiger partial charge on any atom is -0.348 e. The SMILES string of the molecule is O=[N+]([O-])c1c(N2CCN(Cc3ccccc3)CC2)ncnc1N1CCN(C(c2ccccc2)c2ccccc2)CC1. The molecule has 41 heavy (non-hydrogen) atoms. The first-order valence-corrected chi connectivity index (χ1v) is 14.3. The van der Waals surface area contributed by atoms with Gasteiger partial charge in [0, 0.05) is 58.9 Å². The fourth-order valence-electron chi connectivity index (χ4n) is 6.02. The van der Waals surface area contributed by atoms with Crippen molar-refractivity contribution in [2.45, 2.75) is 12.6 Å². The summed E-state index contributed by atoms with van der Waals surface area (Å²) in [4.78, 5) is 29.9. The fourth-order valence-corrected chi connectivity index (χ4v) is 6.02. The molecule has 2 aliphatic rings. The molecule has 0 spiro atoms. The molecule has 4 aromatic rings. The molecule has 2 saturated heterocycles. The number of rotatable bonds is 8. The highest BCUT2D eigenvalue weighted by Gasteiger charge is 2.34. The molecule has 0 atom stereocenters. The first kappa shape index (κ1) is 26.9. The third-order valence-electron chi connectivity index (χ3n) is 8.10. The Balaban J connectivity index is 1.17. The van der Waals surface area contributed by atoms with Gasteiger partial charge in [-0.2, -0.15) is 0 Å². The van der Waals surface area contributed by atoms with Gasteiger partial charge in [-0.15, -0.1) is 0 Å². The molecule has 9 nitrogen and oxygen atoms in total. The zero-order chi connectivity index (χ0) is 28.0. The predicted octanol–water partition coefficient (Wildman–Crippen LogP) is 4.62. The summed E-state index contributed by atoms with van der Waals surface area (Å²) in [5, 5.41) is 12.4. The predicted molar refractivity (Wildman–Crippen MR) is 161 cm³/mol. The number of nitro groups is 1. The molecule has 0 amide bonds. The van der Waals surface area contributed by atoms with Crippen LogP contribution in [0.2, 0.25) is 0 Å². The van der Waals surface area contributed by atoms with E-state index >= 15 is 0 Å². The van der Waals surface area contributed by atoms with Gasteiger partial charge in [0.15, 0.2) is 0 Å². The van der Waals surface area contributed by atoms with Crippen LogP contribution in [0, 0.1) is 10.1 Å². The van der Waals surface area contributed by atoms with Gasteiger partial charge in [0.1, 0.15) is 6.33 Å². The smallest absolute Gasteiger partial charge is 0.348 e. The average Bonchev–Trinajstić information content (AvgIpc) is 3.03. The van der Waals surface area contributed by atoms with Gasteiger partial charge in [0.25, 0.3) is 0 Å². The summed E-state index contributed by atoms with van der Waals surface area (Å²) in [6.07, 6.45) is 1.48. The van der Waals surface area contributed by atoms with Gasteiger partial charge < -0.3 is 9.80 Å². The Kier molecular flexibility index (Phi) is 8.16. The number of nitrogens with zero attached hydrogens (tertiary/aromatic N) is 7. The Morgan fingerprint density at radius 1 is 0.659 bits per heavy atom. The number of benzene rings is 3. The first-order valence-electron chi connectivity index (χ1n) is 14.3. The minimum atomic E-state index is -0.301. The molecule has 0 saturated carbocycles. The molecule has 0 N–H and O–H groups in total. The number of hydrogen-bond donors (Lipinski definition) is 0. The van der Waals surface area contributed by atoms with E-state index in [9.17, 15) is 10.1 Å². The summed E-state index contributed by atoms with van der Waals surface area (Å²) < 4.78 is 0. The van der Waals surface area contributed by atoms with E-state index in [4.69, 9.17) is 0 Å². The van der Waals surface area contributed by atoms with Gasteiger partial charge in [0.05, 0.1) is 11.0 Å². The number of hydrogen-bond acceptors (Lipinski definition) is 8. The molecular formula is C32H35N7O2. The lowest BCUT2D eigenvalue weighted by Gasteiger charge is -2.40. The maximum atomic E-state index is 12.4. The van der Waals surface area contributed by atoms with E-state index in [-0.39, 0.29) is 16.7 Å². The molecule has 3 aromatic carbocycles. The van der Waals surface area contributed by atoms with Gasteiger partial charge in [-0.05, 0) is 16.7 Å². The molecular weight excluding hydrogens is 514 g/mol. The quantitative estimate of drug-likeness (QED) is 0.233. The van der Waals surface area contributed by atoms with Gasteiger partial charge in [-0.3, -0.25) is 19.9 Å². The first-order chi connectivity index (χ1) is 20.2. The van der Waals surface area contributed by atoms with Crippen molar-refractivity contribution >= 4 is 17.3 Å². The van der Waals surface area contributed by atoms with E-state index in [0.717, 1.165) is 32.7 Å². The third kappa shape index (κ3) is 6.06. The lowest BCUT2D eigenvalue weighted by molar-refractivity contribution is -0.383. The number of aromatic nitrogens is 2. The summed E-state index contributed by atoms with van der Waals surface area (Å²) in [5.41, 5.74) is 3.78. The van der Waals surface area contributed by atoms with Crippen molar-refractivity contribution in [2.75, 3.05) is 62.2 Å². The van der Waals surface area contributed by atoms with E-state index < -0.39 is 0 Å². The van der Waals surface area contributed by atoms with E-state index in [1.54, 1.807) is 0 Å². The molecule has 0 aliphatic carbocycles. The van der Waals surface area contributed by atoms with Crippen LogP contribution in [0.5, 0.6) is 0 Å². The average molecular weight is 550 g/mol. The Morgan fingerprint density at radius 2 is 1.12 bits per heavy atom. The molecule has 210 valence electrons. The molecule has 3 heterocycles. The lowest BCUT2D eigenvalue weighted by Crippen LogP contribution is -2.49. The van der Waals surface area contributed by atoms with Gasteiger partial charge >= 0.3 is 5.69 Å². The summed E-state index contributed by atoms with van der Waals surface area (Å²) in [6, 6.07) is 31.6. The maximum Gasteiger partial charge on any atom is 0.353 e. The van der Waals surface area contributed by atoms with E-state index in [0.29, 0.717) is 37.8 Å². The van der Waals surface area contributed by atoms with Crippen molar-refractivity contribution < 1.29 is 4.92 Å². The summed E-state index contributed by atoms with van der Waals surface area (Å²) in [7, 11) is 0. The second kappa shape index (κ2) is 12.4. The highest BCUT2D eigenvalue weighted by Crippen LogP contribution is 2.36. The molecule has 0 radical (unpaired) electrons. The Labute approximate surface area is 240 Å². The molecule has 2 fully saturated rings. The molecule has 2 aliphatic heterocycles. The second-order valence-electron chi connectivity index (χ2n) is 10.6. The van der Waals surface area contributed by atoms with Crippen LogP contribution in [0.15, 0.2) is 97.3 Å². The lowest BCUT2D eigenvalue weighted by atomic mass is 9.96. The van der Waals surface area contributed by atoms with Crippen molar-refractivity contribution in [3.05, 3.63) is 124 Å². The number of piperazine rings is 2. The van der Waals surface area contributed by atoms with E-state index in [1.165, 1.54) is 23.0 Å². The van der Waals surface area contributed by atoms with Crippen LogP contribution in [0.25, 0.3) is 0 Å². The highest BCUT2D eigenvalue weighted by atomic mass is 16.6. The Hall–Kier alpha value is -4.34. The maximum absolute atomic E-state index is 12.4. The summed E-state index contributed by atoms with van der Waals surface area (Å²) in [6.45, 7) is 6.74. The van der Waals surface area contributed by atoms with Crippen LogP contribution in [-0.4, -0.2) is 77.0 Å². The monoisotopic (exact) mass is 549 g/mol. The summed E-state index contributed by atoms with van der Waals surface area (Å²) in [5.74, 6) is 0.843. The Morgan fingerprint density at radius 3 is 1.61 bits per heavy atom. The third-order valence-corrected chi connectivity index (χ3v) is 8.10. The largest absolute Gasteiger partial charge is 0.353 e. The fraction of sp³-hybridized carbons (Fsp3) is 0.312. The number of anilines is 2. The highest BCUT2D eigenvalue weighted by molar-refractivity contribution is 5.71. The van der Waals surface area contributed by atoms with Crippen LogP contribution in [0.1, 0.15) is 22.7 Å². The second-order valence-corrected chi connectivity index (χ2v) is 10.6.